The van der Waals surface area contributed by atoms with Crippen LogP contribution in [0.25, 0.3) is 11.2 Å². The number of fused-ring (bicyclic) bond motifs is 2. The zero-order chi connectivity index (χ0) is 38.8. The first-order valence-corrected chi connectivity index (χ1v) is 19.2. The number of nitrogens with one attached hydrogen (secondary N) is 2. The fraction of sp³-hybridized carbons (Fsp3) is 0.545. The van der Waals surface area contributed by atoms with E-state index in [1.165, 1.54) is 11.6 Å². The Morgan fingerprint density at radius 1 is 0.906 bits per heavy atom. The largest absolute Gasteiger partial charge is 0.490 e. The number of aromatic amines is 2. The molecule has 31 heteroatoms. The average molecular weight is 816 g/mol. The standard InChI is InChI=1S/C22H29N10O18P3/c1-30-6-32(16-10(30)18(37)29-22(24)27-16)20-13(35)14(44-2)8(48-20)4-46-52(40,41)50-53(42,43)49-51(38,39)45-3-7-11(33)12(34)19(47-7)31-5-25-9-15(31)26-21(23)28-17(9)36/h5,7-8,11-14,19-20,33-35H,3-4H2,1-2H3,(H7-2,23,24,26,27,28,29,36,37,38,39,40,41,42,43)/p+2/t7-,8-,11?,12+,13?,14?,19-,20-/m1/s1. The van der Waals surface area contributed by atoms with Gasteiger partial charge in [0, 0.05) is 7.11 Å². The van der Waals surface area contributed by atoms with Gasteiger partial charge in [0.25, 0.3) is 11.8 Å². The first kappa shape index (κ1) is 39.1. The smallest absolute Gasteiger partial charge is 0.387 e. The van der Waals surface area contributed by atoms with Gasteiger partial charge in [0.1, 0.15) is 37.6 Å². The molecule has 0 bridgehead atoms. The van der Waals surface area contributed by atoms with Gasteiger partial charge in [-0.1, -0.05) is 4.58 Å². The Morgan fingerprint density at radius 2 is 1.51 bits per heavy atom. The Balaban J connectivity index is 1.05. The van der Waals surface area contributed by atoms with Crippen molar-refractivity contribution in [1.82, 2.24) is 29.5 Å². The van der Waals surface area contributed by atoms with E-state index in [1.54, 1.807) is 0 Å². The van der Waals surface area contributed by atoms with Crippen molar-refractivity contribution in [3.8, 4) is 0 Å². The van der Waals surface area contributed by atoms with Gasteiger partial charge >= 0.3 is 52.5 Å². The second kappa shape index (κ2) is 14.2. The number of phosphoric ester groups is 2. The van der Waals surface area contributed by atoms with E-state index in [0.717, 1.165) is 22.6 Å². The van der Waals surface area contributed by atoms with Crippen molar-refractivity contribution >= 4 is 64.0 Å². The molecule has 0 aromatic carbocycles. The van der Waals surface area contributed by atoms with E-state index in [-0.39, 0.29) is 34.6 Å². The molecule has 3 aliphatic heterocycles. The van der Waals surface area contributed by atoms with Crippen LogP contribution in [-0.2, 0) is 45.6 Å². The molecule has 3 aliphatic rings. The van der Waals surface area contributed by atoms with Crippen LogP contribution < -0.4 is 22.6 Å². The van der Waals surface area contributed by atoms with Gasteiger partial charge in [-0.3, -0.25) is 33.2 Å². The van der Waals surface area contributed by atoms with Crippen LogP contribution in [0.3, 0.4) is 0 Å². The molecule has 28 nitrogen and oxygen atoms in total. The highest BCUT2D eigenvalue weighted by Gasteiger charge is 2.55. The molecule has 2 fully saturated rings. The normalized spacial score (nSPS) is 30.4. The minimum absolute atomic E-state index is 0.0000824. The summed E-state index contributed by atoms with van der Waals surface area (Å²) in [5.41, 5.74) is 9.50. The maximum atomic E-state index is 12.6. The Hall–Kier alpha value is -3.62. The second-order valence-electron chi connectivity index (χ2n) is 11.4. The summed E-state index contributed by atoms with van der Waals surface area (Å²) in [6.45, 7) is -2.04. The van der Waals surface area contributed by atoms with Crippen LogP contribution in [0.4, 0.5) is 23.4 Å². The predicted octanol–water partition coefficient (Wildman–Crippen LogP) is -3.74. The van der Waals surface area contributed by atoms with Crippen LogP contribution >= 0.6 is 23.5 Å². The highest BCUT2D eigenvalue weighted by atomic mass is 31.3. The lowest BCUT2D eigenvalue weighted by Gasteiger charge is -2.21. The summed E-state index contributed by atoms with van der Waals surface area (Å²) < 4.78 is 75.0. The van der Waals surface area contributed by atoms with Gasteiger partial charge in [-0.05, 0) is 0 Å². The van der Waals surface area contributed by atoms with Crippen LogP contribution in [0.5, 0.6) is 0 Å². The van der Waals surface area contributed by atoms with Gasteiger partial charge in [0.2, 0.25) is 5.95 Å². The molecule has 12 N–H and O–H groups in total. The number of anilines is 2. The number of aliphatic hydroxyl groups is 3. The minimum atomic E-state index is -5.98. The molecule has 0 amide bonds. The summed E-state index contributed by atoms with van der Waals surface area (Å²) >= 11 is 0. The highest BCUT2D eigenvalue weighted by Crippen LogP contribution is 2.67. The lowest BCUT2D eigenvalue weighted by Crippen LogP contribution is -2.38. The van der Waals surface area contributed by atoms with E-state index in [1.807, 2.05) is 0 Å². The van der Waals surface area contributed by atoms with Crippen LogP contribution in [-0.4, -0.2) is 145 Å². The molecule has 53 heavy (non-hydrogen) atoms. The fourth-order valence-corrected chi connectivity index (χ4v) is 9.14. The molecule has 6 unspecified atom stereocenters. The van der Waals surface area contributed by atoms with E-state index >= 15 is 0 Å². The van der Waals surface area contributed by atoms with E-state index < -0.39 is 96.9 Å². The fourth-order valence-electron chi connectivity index (χ4n) is 5.62. The molecule has 3 aromatic heterocycles. The molecule has 2 saturated heterocycles. The summed E-state index contributed by atoms with van der Waals surface area (Å²) in [6.07, 6.45) is -11.2. The summed E-state index contributed by atoms with van der Waals surface area (Å²) in [5, 5.41) is 31.9. The van der Waals surface area contributed by atoms with Crippen molar-refractivity contribution < 1.29 is 84.7 Å². The van der Waals surface area contributed by atoms with Crippen molar-refractivity contribution in [3.05, 3.63) is 27.0 Å². The van der Waals surface area contributed by atoms with Crippen LogP contribution in [0.15, 0.2) is 15.9 Å². The van der Waals surface area contributed by atoms with E-state index in [4.69, 9.17) is 30.2 Å². The van der Waals surface area contributed by atoms with Gasteiger partial charge in [-0.15, -0.1) is 4.58 Å². The molecule has 11 atom stereocenters. The van der Waals surface area contributed by atoms with Crippen molar-refractivity contribution in [2.75, 3.05) is 38.8 Å². The molecule has 6 heterocycles. The quantitative estimate of drug-likeness (QED) is 0.0585. The number of nitrogen functional groups attached to an aromatic ring is 2. The average Bonchev–Trinajstić information content (AvgIpc) is 3.76. The molecule has 0 saturated carbocycles. The maximum absolute atomic E-state index is 12.6. The molecule has 3 aromatic rings. The monoisotopic (exact) mass is 816 g/mol. The number of hydrogen-bond donors (Lipinski definition) is 10. The number of ether oxygens (including phenoxy) is 3. The van der Waals surface area contributed by atoms with Crippen molar-refractivity contribution in [2.24, 2.45) is 0 Å². The second-order valence-corrected chi connectivity index (χ2v) is 16.0. The topological polar surface area (TPSA) is 405 Å². The van der Waals surface area contributed by atoms with Gasteiger partial charge in [-0.2, -0.15) is 13.6 Å². The summed E-state index contributed by atoms with van der Waals surface area (Å²) in [4.78, 5) is 71.0. The molecule has 290 valence electrons. The van der Waals surface area contributed by atoms with Gasteiger partial charge < -0.3 is 55.7 Å². The third kappa shape index (κ3) is 7.82. The Bertz CT molecular complexity index is 2280. The highest BCUT2D eigenvalue weighted by molar-refractivity contribution is 7.66. The first-order valence-electron chi connectivity index (χ1n) is 14.7. The predicted molar refractivity (Wildman–Crippen MR) is 168 cm³/mol. The number of H-pyrrole nitrogens is 2. The lowest BCUT2D eigenvalue weighted by molar-refractivity contribution is -0.552. The third-order valence-electron chi connectivity index (χ3n) is 7.83. The third-order valence-corrected chi connectivity index (χ3v) is 12.1. The Morgan fingerprint density at radius 3 is 2.15 bits per heavy atom. The number of rotatable bonds is 13. The van der Waals surface area contributed by atoms with E-state index in [0.29, 0.717) is 0 Å². The number of imidazole rings is 1. The van der Waals surface area contributed by atoms with E-state index in [2.05, 4.69) is 44.1 Å². The summed E-state index contributed by atoms with van der Waals surface area (Å²) in [5.74, 6) is -0.628. The van der Waals surface area contributed by atoms with Crippen LogP contribution in [0.2, 0.25) is 0 Å². The number of nitrogens with two attached hydrogens (primary N) is 2. The number of hydrogen-bond acceptors (Lipinski definition) is 20. The Labute approximate surface area is 293 Å². The molecule has 0 radical (unpaired) electrons. The Kier molecular flexibility index (Phi) is 10.5. The van der Waals surface area contributed by atoms with Crippen molar-refractivity contribution in [3.63, 3.8) is 0 Å². The SMILES string of the molecule is COC1C(O)[C@H]([N+]2=C=[N+](C)c3c2nc(N)[nH]c3=O)O[C@@H]1COP(=O)(O)OP(=O)(O)OP(=O)(O)OC[C@H]1O[C@@H](n2cnc3c(=O)[nH]c(N)nc32)[C@@H](O)C1O. The molecule has 6 rings (SSSR count). The van der Waals surface area contributed by atoms with Crippen molar-refractivity contribution in [2.45, 2.75) is 49.1 Å². The molecule has 0 aliphatic carbocycles. The lowest BCUT2D eigenvalue weighted by atomic mass is 10.1. The molecular formula is C22H31N10O18P3+2. The minimum Gasteiger partial charge on any atom is -0.387 e. The zero-order valence-corrected chi connectivity index (χ0v) is 29.6. The number of aromatic nitrogens is 6. The summed E-state index contributed by atoms with van der Waals surface area (Å²) in [7, 11) is -14.7. The first-order chi connectivity index (χ1) is 24.7. The number of aliphatic hydroxyl groups excluding tert-OH is 3. The van der Waals surface area contributed by atoms with Gasteiger partial charge in [-0.25, -0.2) is 18.7 Å². The van der Waals surface area contributed by atoms with Gasteiger partial charge in [0.15, 0.2) is 23.5 Å². The van der Waals surface area contributed by atoms with Gasteiger partial charge in [0.05, 0.1) is 24.5 Å². The number of nitrogens with zero attached hydrogens (tertiary/aromatic N) is 6. The number of phosphoric acid groups is 3. The van der Waals surface area contributed by atoms with Crippen LogP contribution in [0.1, 0.15) is 6.23 Å². The molecular weight excluding hydrogens is 785 g/mol. The van der Waals surface area contributed by atoms with Crippen LogP contribution in [0, 0.1) is 0 Å². The summed E-state index contributed by atoms with van der Waals surface area (Å²) in [6, 6.07) is 2.72. The van der Waals surface area contributed by atoms with Crippen molar-refractivity contribution in [1.29, 1.82) is 0 Å². The number of methoxy groups -OCH3 is 1. The molecule has 0 spiro atoms. The zero-order valence-electron chi connectivity index (χ0n) is 26.9. The maximum Gasteiger partial charge on any atom is 0.490 e. The van der Waals surface area contributed by atoms with E-state index in [9.17, 15) is 53.3 Å².